The molecule has 1 saturated heterocycles. The van der Waals surface area contributed by atoms with Gasteiger partial charge in [0.1, 0.15) is 4.88 Å². The van der Waals surface area contributed by atoms with E-state index in [9.17, 15) is 9.59 Å². The first-order chi connectivity index (χ1) is 9.99. The Balaban J connectivity index is 2.10. The summed E-state index contributed by atoms with van der Waals surface area (Å²) in [6, 6.07) is 2.38. The third kappa shape index (κ3) is 3.92. The minimum atomic E-state index is -1.02. The molecule has 21 heavy (non-hydrogen) atoms. The summed E-state index contributed by atoms with van der Waals surface area (Å²) in [5, 5.41) is 12.5. The van der Waals surface area contributed by atoms with Crippen LogP contribution in [0.2, 0.25) is 0 Å². The maximum Gasteiger partial charge on any atom is 0.328 e. The molecule has 0 aliphatic carbocycles. The molecule has 0 saturated carbocycles. The van der Waals surface area contributed by atoms with Gasteiger partial charge in [0.05, 0.1) is 0 Å². The molecule has 0 radical (unpaired) electrons. The predicted molar refractivity (Wildman–Crippen MR) is 83.1 cm³/mol. The van der Waals surface area contributed by atoms with E-state index in [4.69, 9.17) is 5.11 Å². The van der Waals surface area contributed by atoms with Crippen LogP contribution in [0, 0.1) is 0 Å². The lowest BCUT2D eigenvalue weighted by atomic mass is 10.00. The lowest BCUT2D eigenvalue weighted by Gasteiger charge is -2.38. The Bertz CT molecular complexity index is 543. The van der Waals surface area contributed by atoms with E-state index in [-0.39, 0.29) is 5.91 Å². The quantitative estimate of drug-likeness (QED) is 0.839. The minimum Gasteiger partial charge on any atom is -0.478 e. The van der Waals surface area contributed by atoms with E-state index in [1.807, 2.05) is 5.01 Å². The van der Waals surface area contributed by atoms with E-state index in [0.717, 1.165) is 18.9 Å². The van der Waals surface area contributed by atoms with Gasteiger partial charge in [-0.2, -0.15) is 0 Å². The van der Waals surface area contributed by atoms with Crippen molar-refractivity contribution >= 4 is 29.3 Å². The zero-order chi connectivity index (χ0) is 15.4. The van der Waals surface area contributed by atoms with Crippen LogP contribution in [0.4, 0.5) is 0 Å². The second-order valence-corrected chi connectivity index (χ2v) is 6.27. The van der Waals surface area contributed by atoms with Gasteiger partial charge in [-0.1, -0.05) is 6.42 Å². The summed E-state index contributed by atoms with van der Waals surface area (Å²) in [6.07, 6.45) is 5.82. The minimum absolute atomic E-state index is 0.171. The van der Waals surface area contributed by atoms with Gasteiger partial charge in [-0.05, 0) is 49.8 Å². The van der Waals surface area contributed by atoms with Crippen LogP contribution in [0.1, 0.15) is 48.3 Å². The highest BCUT2D eigenvalue weighted by molar-refractivity contribution is 7.12. The van der Waals surface area contributed by atoms with Gasteiger partial charge < -0.3 is 5.11 Å². The van der Waals surface area contributed by atoms with Crippen molar-refractivity contribution in [1.82, 2.24) is 10.4 Å². The Morgan fingerprint density at radius 3 is 2.67 bits per heavy atom. The van der Waals surface area contributed by atoms with Gasteiger partial charge in [-0.3, -0.25) is 10.2 Å². The molecule has 2 heterocycles. The normalized spacial score (nSPS) is 23.3. The molecule has 1 fully saturated rings. The Morgan fingerprint density at radius 2 is 2.05 bits per heavy atom. The van der Waals surface area contributed by atoms with Gasteiger partial charge in [-0.15, -0.1) is 11.3 Å². The smallest absolute Gasteiger partial charge is 0.328 e. The first-order valence-corrected chi connectivity index (χ1v) is 7.95. The maximum absolute atomic E-state index is 12.4. The summed E-state index contributed by atoms with van der Waals surface area (Å²) in [5.74, 6) is -1.19. The van der Waals surface area contributed by atoms with E-state index in [1.54, 1.807) is 11.4 Å². The number of hydrogen-bond donors (Lipinski definition) is 2. The molecular formula is C15H20N2O3S. The number of piperidine rings is 1. The van der Waals surface area contributed by atoms with Crippen molar-refractivity contribution in [3.63, 3.8) is 0 Å². The number of hydrazine groups is 1. The second-order valence-electron chi connectivity index (χ2n) is 5.35. The van der Waals surface area contributed by atoms with Crippen LogP contribution in [0.5, 0.6) is 0 Å². The van der Waals surface area contributed by atoms with Gasteiger partial charge in [0, 0.05) is 18.2 Å². The average molecular weight is 308 g/mol. The van der Waals surface area contributed by atoms with Crippen LogP contribution < -0.4 is 5.43 Å². The highest BCUT2D eigenvalue weighted by Gasteiger charge is 2.27. The lowest BCUT2D eigenvalue weighted by molar-refractivity contribution is -0.131. The molecule has 0 bridgehead atoms. The molecule has 5 nitrogen and oxygen atoms in total. The third-order valence-electron chi connectivity index (χ3n) is 3.73. The van der Waals surface area contributed by atoms with E-state index in [2.05, 4.69) is 19.3 Å². The standard InChI is InChI=1S/C15H20N2O3S/c1-10-4-3-5-11(2)17(10)16-15(20)14-12(8-9-21-14)6-7-13(18)19/h6-11H,3-5H2,1-2H3,(H,16,20)(H,18,19)/b7-6+. The SMILES string of the molecule is CC1CCCC(C)N1NC(=O)c1sccc1/C=C/C(=O)O. The number of carbonyl (C=O) groups excluding carboxylic acids is 1. The van der Waals surface area contributed by atoms with Crippen LogP contribution in [0.3, 0.4) is 0 Å². The lowest BCUT2D eigenvalue weighted by Crippen LogP contribution is -2.54. The predicted octanol–water partition coefficient (Wildman–Crippen LogP) is 2.75. The average Bonchev–Trinajstić information content (AvgIpc) is 2.89. The molecule has 2 rings (SSSR count). The van der Waals surface area contributed by atoms with Gasteiger partial charge >= 0.3 is 5.97 Å². The first-order valence-electron chi connectivity index (χ1n) is 7.07. The summed E-state index contributed by atoms with van der Waals surface area (Å²) < 4.78 is 0. The Labute approximate surface area is 128 Å². The molecule has 1 aromatic rings. The molecule has 1 aromatic heterocycles. The van der Waals surface area contributed by atoms with Gasteiger partial charge in [0.15, 0.2) is 0 Å². The highest BCUT2D eigenvalue weighted by atomic mass is 32.1. The van der Waals surface area contributed by atoms with E-state index in [0.29, 0.717) is 22.5 Å². The number of thiophene rings is 1. The summed E-state index contributed by atoms with van der Waals surface area (Å²) in [5.41, 5.74) is 3.61. The third-order valence-corrected chi connectivity index (χ3v) is 4.66. The molecule has 1 aliphatic heterocycles. The van der Waals surface area contributed by atoms with Crippen LogP contribution in [0.15, 0.2) is 17.5 Å². The maximum atomic E-state index is 12.4. The number of carbonyl (C=O) groups is 2. The fourth-order valence-corrected chi connectivity index (χ4v) is 3.38. The van der Waals surface area contributed by atoms with Crippen LogP contribution in [-0.4, -0.2) is 34.1 Å². The summed E-state index contributed by atoms with van der Waals surface area (Å²) in [7, 11) is 0. The van der Waals surface area contributed by atoms with Crippen molar-refractivity contribution in [2.24, 2.45) is 0 Å². The molecule has 1 amide bonds. The van der Waals surface area contributed by atoms with Gasteiger partial charge in [0.2, 0.25) is 0 Å². The highest BCUT2D eigenvalue weighted by Crippen LogP contribution is 2.22. The van der Waals surface area contributed by atoms with Crippen LogP contribution in [0.25, 0.3) is 6.08 Å². The van der Waals surface area contributed by atoms with Gasteiger partial charge in [-0.25, -0.2) is 9.80 Å². The summed E-state index contributed by atoms with van der Waals surface area (Å²) >= 11 is 1.32. The monoisotopic (exact) mass is 308 g/mol. The van der Waals surface area contributed by atoms with Crippen molar-refractivity contribution in [1.29, 1.82) is 0 Å². The van der Waals surface area contributed by atoms with Gasteiger partial charge in [0.25, 0.3) is 5.91 Å². The van der Waals surface area contributed by atoms with Crippen molar-refractivity contribution in [3.05, 3.63) is 28.0 Å². The molecule has 0 spiro atoms. The summed E-state index contributed by atoms with van der Waals surface area (Å²) in [4.78, 5) is 23.5. The number of carboxylic acids is 1. The second kappa shape index (κ2) is 6.87. The number of carboxylic acid groups (broad SMARTS) is 1. The molecule has 1 aliphatic rings. The molecule has 0 aromatic carbocycles. The van der Waals surface area contributed by atoms with E-state index in [1.165, 1.54) is 23.8 Å². The Morgan fingerprint density at radius 1 is 1.38 bits per heavy atom. The fraction of sp³-hybridized carbons (Fsp3) is 0.467. The van der Waals surface area contributed by atoms with Crippen molar-refractivity contribution in [3.8, 4) is 0 Å². The zero-order valence-electron chi connectivity index (χ0n) is 12.2. The number of aliphatic carboxylic acids is 1. The van der Waals surface area contributed by atoms with Crippen molar-refractivity contribution < 1.29 is 14.7 Å². The molecule has 2 N–H and O–H groups in total. The molecule has 2 unspecified atom stereocenters. The molecule has 114 valence electrons. The van der Waals surface area contributed by atoms with Crippen molar-refractivity contribution in [2.45, 2.75) is 45.2 Å². The number of rotatable bonds is 4. The first kappa shape index (κ1) is 15.7. The van der Waals surface area contributed by atoms with E-state index < -0.39 is 5.97 Å². The van der Waals surface area contributed by atoms with E-state index >= 15 is 0 Å². The Hall–Kier alpha value is -1.66. The summed E-state index contributed by atoms with van der Waals surface area (Å²) in [6.45, 7) is 4.21. The molecule has 6 heteroatoms. The largest absolute Gasteiger partial charge is 0.478 e. The topological polar surface area (TPSA) is 69.6 Å². The zero-order valence-corrected chi connectivity index (χ0v) is 13.0. The van der Waals surface area contributed by atoms with Crippen LogP contribution >= 0.6 is 11.3 Å². The van der Waals surface area contributed by atoms with Crippen molar-refractivity contribution in [2.75, 3.05) is 0 Å². The number of nitrogens with one attached hydrogen (secondary N) is 1. The Kier molecular flexibility index (Phi) is 5.14. The number of hydrogen-bond acceptors (Lipinski definition) is 4. The molecule has 2 atom stereocenters. The fourth-order valence-electron chi connectivity index (χ4n) is 2.61. The molecular weight excluding hydrogens is 288 g/mol. The van der Waals surface area contributed by atoms with Crippen LogP contribution in [-0.2, 0) is 4.79 Å². The number of amides is 1. The number of nitrogens with zero attached hydrogens (tertiary/aromatic N) is 1.